The van der Waals surface area contributed by atoms with Gasteiger partial charge in [-0.15, -0.1) is 0 Å². The lowest BCUT2D eigenvalue weighted by molar-refractivity contribution is -0.151. The van der Waals surface area contributed by atoms with Crippen molar-refractivity contribution in [3.8, 4) is 0 Å². The summed E-state index contributed by atoms with van der Waals surface area (Å²) in [5.74, 6) is -0.952. The minimum absolute atomic E-state index is 0.0692. The minimum Gasteiger partial charge on any atom is -0.467 e. The number of ether oxygens (including phenoxy) is 1. The van der Waals surface area contributed by atoms with E-state index in [0.717, 1.165) is 21.2 Å². The fraction of sp³-hybridized carbons (Fsp3) is 0.208. The average molecular weight is 449 g/mol. The monoisotopic (exact) mass is 448 g/mol. The van der Waals surface area contributed by atoms with Crippen LogP contribution in [0.5, 0.6) is 0 Å². The van der Waals surface area contributed by atoms with Gasteiger partial charge in [0.1, 0.15) is 5.76 Å². The van der Waals surface area contributed by atoms with Gasteiger partial charge in [-0.3, -0.25) is 19.3 Å². The van der Waals surface area contributed by atoms with Gasteiger partial charge >= 0.3 is 5.97 Å². The number of fused-ring (bicyclic) bond motifs is 2. The highest BCUT2D eigenvalue weighted by Gasteiger charge is 2.36. The molecule has 8 heteroatoms. The number of anilines is 2. The van der Waals surface area contributed by atoms with E-state index >= 15 is 0 Å². The fourth-order valence-electron chi connectivity index (χ4n) is 3.96. The van der Waals surface area contributed by atoms with Gasteiger partial charge in [0.05, 0.1) is 30.1 Å². The molecule has 1 fully saturated rings. The number of nitrogens with zero attached hydrogens (tertiary/aromatic N) is 2. The second-order valence-electron chi connectivity index (χ2n) is 7.63. The molecule has 3 aromatic rings. The third-order valence-electron chi connectivity index (χ3n) is 5.49. The second kappa shape index (κ2) is 8.55. The number of benzene rings is 2. The Labute approximate surface area is 188 Å². The predicted molar refractivity (Wildman–Crippen MR) is 117 cm³/mol. The number of hydrogen-bond donors (Lipinski definition) is 0. The van der Waals surface area contributed by atoms with Gasteiger partial charge in [0.15, 0.2) is 6.61 Å². The maximum Gasteiger partial charge on any atom is 0.311 e. The van der Waals surface area contributed by atoms with Crippen LogP contribution in [0.3, 0.4) is 0 Å². The van der Waals surface area contributed by atoms with Crippen LogP contribution in [0.4, 0.5) is 11.4 Å². The first-order chi connectivity index (χ1) is 15.6. The zero-order valence-corrected chi connectivity index (χ0v) is 17.9. The van der Waals surface area contributed by atoms with Crippen LogP contribution in [0.15, 0.2) is 81.1 Å². The van der Waals surface area contributed by atoms with E-state index in [1.165, 1.54) is 0 Å². The molecule has 1 saturated heterocycles. The van der Waals surface area contributed by atoms with Gasteiger partial charge in [-0.25, -0.2) is 0 Å². The van der Waals surface area contributed by atoms with Gasteiger partial charge < -0.3 is 14.1 Å². The molecule has 0 unspecified atom stereocenters. The first-order valence-electron chi connectivity index (χ1n) is 10.3. The molecule has 0 saturated carbocycles. The van der Waals surface area contributed by atoms with Crippen LogP contribution < -0.4 is 4.90 Å². The van der Waals surface area contributed by atoms with Crippen molar-refractivity contribution in [2.45, 2.75) is 22.8 Å². The van der Waals surface area contributed by atoms with Crippen LogP contribution in [0.1, 0.15) is 12.2 Å². The van der Waals surface area contributed by atoms with E-state index in [-0.39, 0.29) is 24.8 Å². The van der Waals surface area contributed by atoms with E-state index in [1.54, 1.807) is 40.0 Å². The fourth-order valence-corrected chi connectivity index (χ4v) is 5.02. The highest BCUT2D eigenvalue weighted by molar-refractivity contribution is 7.99. The lowest BCUT2D eigenvalue weighted by atomic mass is 10.1. The average Bonchev–Trinajstić information content (AvgIpc) is 3.45. The number of carbonyl (C=O) groups excluding carboxylic acids is 3. The highest BCUT2D eigenvalue weighted by atomic mass is 32.2. The van der Waals surface area contributed by atoms with Gasteiger partial charge in [-0.05, 0) is 36.4 Å². The molecule has 2 aliphatic rings. The Morgan fingerprint density at radius 1 is 1.00 bits per heavy atom. The summed E-state index contributed by atoms with van der Waals surface area (Å²) < 4.78 is 10.6. The standard InChI is InChI=1S/C24H20N2O5S/c27-22-12-16(13-25(22)14-17-6-5-11-30-17)24(29)31-15-23(28)26-18-7-1-3-9-20(18)32-21-10-4-2-8-19(21)26/h1-11,16H,12-15H2/t16-/m1/s1. The quantitative estimate of drug-likeness (QED) is 0.549. The van der Waals surface area contributed by atoms with Crippen LogP contribution in [0.2, 0.25) is 0 Å². The Hall–Kier alpha value is -3.52. The Balaban J connectivity index is 1.25. The number of amides is 2. The maximum absolute atomic E-state index is 13.1. The molecule has 0 N–H and O–H groups in total. The van der Waals surface area contributed by atoms with Gasteiger partial charge in [0, 0.05) is 22.8 Å². The van der Waals surface area contributed by atoms with Crippen molar-refractivity contribution in [3.63, 3.8) is 0 Å². The van der Waals surface area contributed by atoms with Crippen molar-refractivity contribution in [1.29, 1.82) is 0 Å². The molecule has 2 amide bonds. The number of esters is 1. The van der Waals surface area contributed by atoms with Crippen LogP contribution in [0, 0.1) is 5.92 Å². The molecule has 2 aromatic carbocycles. The smallest absolute Gasteiger partial charge is 0.311 e. The molecule has 0 bridgehead atoms. The summed E-state index contributed by atoms with van der Waals surface area (Å²) in [5, 5.41) is 0. The minimum atomic E-state index is -0.596. The number of likely N-dealkylation sites (tertiary alicyclic amines) is 1. The third-order valence-corrected chi connectivity index (χ3v) is 6.62. The summed E-state index contributed by atoms with van der Waals surface area (Å²) in [6.45, 7) is 0.168. The molecule has 162 valence electrons. The first kappa shape index (κ1) is 20.4. The molecule has 5 rings (SSSR count). The van der Waals surface area contributed by atoms with Crippen molar-refractivity contribution in [1.82, 2.24) is 4.90 Å². The number of hydrogen-bond acceptors (Lipinski definition) is 6. The molecule has 7 nitrogen and oxygen atoms in total. The molecule has 3 heterocycles. The lowest BCUT2D eigenvalue weighted by Crippen LogP contribution is -2.34. The van der Waals surface area contributed by atoms with Crippen molar-refractivity contribution < 1.29 is 23.5 Å². The topological polar surface area (TPSA) is 80.1 Å². The van der Waals surface area contributed by atoms with Crippen LogP contribution in [0.25, 0.3) is 0 Å². The van der Waals surface area contributed by atoms with Gasteiger partial charge in [-0.1, -0.05) is 36.0 Å². The summed E-state index contributed by atoms with van der Waals surface area (Å²) in [4.78, 5) is 43.1. The SMILES string of the molecule is O=C(OCC(=O)N1c2ccccc2Sc2ccccc21)[C@@H]1CC(=O)N(Cc2ccco2)C1. The summed E-state index contributed by atoms with van der Waals surface area (Å²) in [5.41, 5.74) is 1.52. The van der Waals surface area contributed by atoms with E-state index in [4.69, 9.17) is 9.15 Å². The first-order valence-corrected chi connectivity index (χ1v) is 11.1. The Morgan fingerprint density at radius 3 is 2.34 bits per heavy atom. The summed E-state index contributed by atoms with van der Waals surface area (Å²) in [6.07, 6.45) is 1.61. The van der Waals surface area contributed by atoms with E-state index in [1.807, 2.05) is 48.5 Å². The second-order valence-corrected chi connectivity index (χ2v) is 8.71. The van der Waals surface area contributed by atoms with Crippen LogP contribution >= 0.6 is 11.8 Å². The van der Waals surface area contributed by atoms with Crippen molar-refractivity contribution in [2.24, 2.45) is 5.92 Å². The van der Waals surface area contributed by atoms with Crippen LogP contribution in [-0.2, 0) is 25.7 Å². The molecule has 32 heavy (non-hydrogen) atoms. The summed E-state index contributed by atoms with van der Waals surface area (Å²) in [6, 6.07) is 18.8. The molecule has 2 aliphatic heterocycles. The van der Waals surface area contributed by atoms with Crippen molar-refractivity contribution >= 4 is 40.9 Å². The number of rotatable bonds is 5. The number of carbonyl (C=O) groups is 3. The Morgan fingerprint density at radius 2 is 1.69 bits per heavy atom. The number of para-hydroxylation sites is 2. The van der Waals surface area contributed by atoms with E-state index in [9.17, 15) is 14.4 Å². The van der Waals surface area contributed by atoms with Gasteiger partial charge in [0.25, 0.3) is 5.91 Å². The van der Waals surface area contributed by atoms with Gasteiger partial charge in [-0.2, -0.15) is 0 Å². The van der Waals surface area contributed by atoms with E-state index < -0.39 is 18.5 Å². The zero-order valence-electron chi connectivity index (χ0n) is 17.1. The molecule has 0 radical (unpaired) electrons. The molecule has 0 spiro atoms. The van der Waals surface area contributed by atoms with Gasteiger partial charge in [0.2, 0.25) is 5.91 Å². The molecule has 0 aliphatic carbocycles. The van der Waals surface area contributed by atoms with Crippen LogP contribution in [-0.4, -0.2) is 35.8 Å². The Kier molecular flexibility index (Phi) is 5.45. The lowest BCUT2D eigenvalue weighted by Gasteiger charge is -2.30. The molecule has 1 aromatic heterocycles. The maximum atomic E-state index is 13.1. The molecular formula is C24H20N2O5S. The van der Waals surface area contributed by atoms with E-state index in [2.05, 4.69) is 0 Å². The van der Waals surface area contributed by atoms with Crippen molar-refractivity contribution in [2.75, 3.05) is 18.1 Å². The summed E-state index contributed by atoms with van der Waals surface area (Å²) >= 11 is 1.60. The summed E-state index contributed by atoms with van der Waals surface area (Å²) in [7, 11) is 0. The highest BCUT2D eigenvalue weighted by Crippen LogP contribution is 2.47. The molecule has 1 atom stereocenters. The predicted octanol–water partition coefficient (Wildman–Crippen LogP) is 4.00. The normalized spacial score (nSPS) is 17.1. The molecular weight excluding hydrogens is 428 g/mol. The van der Waals surface area contributed by atoms with E-state index in [0.29, 0.717) is 12.3 Å². The third kappa shape index (κ3) is 3.89. The zero-order chi connectivity index (χ0) is 22.1. The van der Waals surface area contributed by atoms with Crippen molar-refractivity contribution in [3.05, 3.63) is 72.7 Å². The largest absolute Gasteiger partial charge is 0.467 e. The number of furan rings is 1. The Bertz CT molecular complexity index is 1130.